The number of carboxylic acids is 1. The van der Waals surface area contributed by atoms with Gasteiger partial charge in [-0.25, -0.2) is 0 Å². The summed E-state index contributed by atoms with van der Waals surface area (Å²) in [5, 5.41) is 9.43. The molecule has 2 saturated heterocycles. The Balaban J connectivity index is 1.67. The molecule has 21 heavy (non-hydrogen) atoms. The SMILES string of the molecule is CC(C)(C)C1CCCC(N2C3CCC2C(C(=O)O)C3)CC1. The highest BCUT2D eigenvalue weighted by molar-refractivity contribution is 5.71. The van der Waals surface area contributed by atoms with E-state index in [-0.39, 0.29) is 5.92 Å². The molecule has 0 aromatic carbocycles. The second-order valence-corrected chi connectivity index (χ2v) is 8.65. The number of fused-ring (bicyclic) bond motifs is 2. The summed E-state index contributed by atoms with van der Waals surface area (Å²) in [4.78, 5) is 14.1. The molecule has 1 aliphatic carbocycles. The smallest absolute Gasteiger partial charge is 0.308 e. The lowest BCUT2D eigenvalue weighted by Gasteiger charge is -2.33. The number of rotatable bonds is 2. The summed E-state index contributed by atoms with van der Waals surface area (Å²) in [5.74, 6) is 0.178. The molecule has 0 spiro atoms. The number of nitrogens with zero attached hydrogens (tertiary/aromatic N) is 1. The van der Waals surface area contributed by atoms with Gasteiger partial charge in [0.25, 0.3) is 0 Å². The fraction of sp³-hybridized carbons (Fsp3) is 0.944. The first kappa shape index (κ1) is 15.3. The van der Waals surface area contributed by atoms with E-state index in [9.17, 15) is 9.90 Å². The van der Waals surface area contributed by atoms with E-state index in [0.29, 0.717) is 23.5 Å². The first-order valence-electron chi connectivity index (χ1n) is 8.88. The first-order chi connectivity index (χ1) is 9.88. The van der Waals surface area contributed by atoms with Crippen molar-refractivity contribution in [3.05, 3.63) is 0 Å². The molecule has 1 saturated carbocycles. The van der Waals surface area contributed by atoms with Crippen LogP contribution in [0.1, 0.15) is 72.1 Å². The van der Waals surface area contributed by atoms with Crippen molar-refractivity contribution in [1.29, 1.82) is 0 Å². The summed E-state index contributed by atoms with van der Waals surface area (Å²) in [6.45, 7) is 7.12. The summed E-state index contributed by atoms with van der Waals surface area (Å²) >= 11 is 0. The second kappa shape index (κ2) is 5.57. The summed E-state index contributed by atoms with van der Waals surface area (Å²) < 4.78 is 0. The van der Waals surface area contributed by atoms with Gasteiger partial charge in [-0.3, -0.25) is 9.69 Å². The van der Waals surface area contributed by atoms with Gasteiger partial charge in [-0.2, -0.15) is 0 Å². The number of carbonyl (C=O) groups is 1. The van der Waals surface area contributed by atoms with Gasteiger partial charge in [0.15, 0.2) is 0 Å². The van der Waals surface area contributed by atoms with Crippen molar-refractivity contribution in [2.45, 2.75) is 90.3 Å². The fourth-order valence-corrected chi connectivity index (χ4v) is 5.31. The van der Waals surface area contributed by atoms with Crippen molar-refractivity contribution in [1.82, 2.24) is 4.90 Å². The lowest BCUT2D eigenvalue weighted by molar-refractivity contribution is -0.142. The van der Waals surface area contributed by atoms with Crippen LogP contribution in [0.4, 0.5) is 0 Å². The van der Waals surface area contributed by atoms with E-state index in [4.69, 9.17) is 0 Å². The lowest BCUT2D eigenvalue weighted by Crippen LogP contribution is -2.40. The molecule has 2 heterocycles. The number of hydrogen-bond acceptors (Lipinski definition) is 2. The average molecular weight is 293 g/mol. The zero-order chi connectivity index (χ0) is 15.2. The Kier molecular flexibility index (Phi) is 4.06. The Labute approximate surface area is 129 Å². The van der Waals surface area contributed by atoms with E-state index in [1.54, 1.807) is 0 Å². The molecule has 3 heteroatoms. The molecule has 0 radical (unpaired) electrons. The maximum absolute atomic E-state index is 11.4. The van der Waals surface area contributed by atoms with Crippen molar-refractivity contribution in [2.24, 2.45) is 17.3 Å². The van der Waals surface area contributed by atoms with E-state index < -0.39 is 5.97 Å². The van der Waals surface area contributed by atoms with Gasteiger partial charge in [-0.05, 0) is 56.3 Å². The Morgan fingerprint density at radius 3 is 2.33 bits per heavy atom. The molecule has 120 valence electrons. The molecule has 3 rings (SSSR count). The summed E-state index contributed by atoms with van der Waals surface area (Å²) in [7, 11) is 0. The van der Waals surface area contributed by atoms with E-state index >= 15 is 0 Å². The third kappa shape index (κ3) is 2.86. The van der Waals surface area contributed by atoms with Gasteiger partial charge in [-0.1, -0.05) is 27.2 Å². The van der Waals surface area contributed by atoms with Crippen molar-refractivity contribution >= 4 is 5.97 Å². The van der Waals surface area contributed by atoms with E-state index in [1.165, 1.54) is 38.5 Å². The zero-order valence-electron chi connectivity index (χ0n) is 13.8. The van der Waals surface area contributed by atoms with Crippen molar-refractivity contribution in [2.75, 3.05) is 0 Å². The van der Waals surface area contributed by atoms with Crippen LogP contribution in [-0.2, 0) is 4.79 Å². The molecule has 3 nitrogen and oxygen atoms in total. The molecule has 2 aliphatic heterocycles. The van der Waals surface area contributed by atoms with E-state index in [1.807, 2.05) is 0 Å². The van der Waals surface area contributed by atoms with E-state index in [2.05, 4.69) is 25.7 Å². The molecule has 3 aliphatic rings. The maximum atomic E-state index is 11.4. The van der Waals surface area contributed by atoms with Crippen LogP contribution < -0.4 is 0 Å². The standard InChI is InChI=1S/C18H31NO2/c1-18(2,3)12-5-4-6-13(8-7-12)19-14-9-10-16(19)15(11-14)17(20)21/h12-16H,4-11H2,1-3H3,(H,20,21). The minimum absolute atomic E-state index is 0.0922. The third-order valence-corrected chi connectivity index (χ3v) is 6.49. The normalized spacial score (nSPS) is 41.2. The van der Waals surface area contributed by atoms with Gasteiger partial charge < -0.3 is 5.11 Å². The van der Waals surface area contributed by atoms with Crippen LogP contribution in [0.3, 0.4) is 0 Å². The number of aliphatic carboxylic acids is 1. The summed E-state index contributed by atoms with van der Waals surface area (Å²) in [6, 6.07) is 1.55. The number of carboxylic acid groups (broad SMARTS) is 1. The van der Waals surface area contributed by atoms with Crippen LogP contribution in [0.15, 0.2) is 0 Å². The monoisotopic (exact) mass is 293 g/mol. The van der Waals surface area contributed by atoms with Crippen molar-refractivity contribution < 1.29 is 9.90 Å². The Morgan fingerprint density at radius 2 is 1.71 bits per heavy atom. The molecule has 0 amide bonds. The van der Waals surface area contributed by atoms with Crippen molar-refractivity contribution in [3.63, 3.8) is 0 Å². The molecule has 5 atom stereocenters. The minimum Gasteiger partial charge on any atom is -0.481 e. The molecule has 1 N–H and O–H groups in total. The molecule has 3 fully saturated rings. The van der Waals surface area contributed by atoms with Crippen LogP contribution in [-0.4, -0.2) is 34.1 Å². The van der Waals surface area contributed by atoms with Gasteiger partial charge in [0.05, 0.1) is 5.92 Å². The summed E-state index contributed by atoms with van der Waals surface area (Å²) in [6.07, 6.45) is 9.80. The molecule has 0 aromatic rings. The molecule has 0 aromatic heterocycles. The Bertz CT molecular complexity index is 401. The van der Waals surface area contributed by atoms with Crippen molar-refractivity contribution in [3.8, 4) is 0 Å². The second-order valence-electron chi connectivity index (χ2n) is 8.65. The molecular weight excluding hydrogens is 262 g/mol. The van der Waals surface area contributed by atoms with Crippen LogP contribution in [0.2, 0.25) is 0 Å². The molecule has 5 unspecified atom stereocenters. The topological polar surface area (TPSA) is 40.5 Å². The Morgan fingerprint density at radius 1 is 1.00 bits per heavy atom. The maximum Gasteiger partial charge on any atom is 0.308 e. The van der Waals surface area contributed by atoms with Crippen LogP contribution in [0, 0.1) is 17.3 Å². The average Bonchev–Trinajstić information content (AvgIpc) is 2.86. The highest BCUT2D eigenvalue weighted by Crippen LogP contribution is 2.46. The predicted molar refractivity (Wildman–Crippen MR) is 84.2 cm³/mol. The highest BCUT2D eigenvalue weighted by atomic mass is 16.4. The largest absolute Gasteiger partial charge is 0.481 e. The molecular formula is C18H31NO2. The van der Waals surface area contributed by atoms with E-state index in [0.717, 1.165) is 18.8 Å². The zero-order valence-corrected chi connectivity index (χ0v) is 13.8. The van der Waals surface area contributed by atoms with Gasteiger partial charge in [0.1, 0.15) is 0 Å². The van der Waals surface area contributed by atoms with Gasteiger partial charge >= 0.3 is 5.97 Å². The first-order valence-corrected chi connectivity index (χ1v) is 8.88. The molecule has 2 bridgehead atoms. The summed E-state index contributed by atoms with van der Waals surface area (Å²) in [5.41, 5.74) is 0.419. The minimum atomic E-state index is -0.562. The third-order valence-electron chi connectivity index (χ3n) is 6.49. The predicted octanol–water partition coefficient (Wildman–Crippen LogP) is 3.92. The Hall–Kier alpha value is -0.570. The van der Waals surface area contributed by atoms with Crippen LogP contribution in [0.5, 0.6) is 0 Å². The van der Waals surface area contributed by atoms with Gasteiger partial charge in [0, 0.05) is 18.1 Å². The fourth-order valence-electron chi connectivity index (χ4n) is 5.31. The van der Waals surface area contributed by atoms with Gasteiger partial charge in [-0.15, -0.1) is 0 Å². The van der Waals surface area contributed by atoms with Crippen LogP contribution in [0.25, 0.3) is 0 Å². The van der Waals surface area contributed by atoms with Gasteiger partial charge in [0.2, 0.25) is 0 Å². The van der Waals surface area contributed by atoms with Crippen LogP contribution >= 0.6 is 0 Å². The number of hydrogen-bond donors (Lipinski definition) is 1. The quantitative estimate of drug-likeness (QED) is 0.785. The lowest BCUT2D eigenvalue weighted by atomic mass is 9.76. The highest BCUT2D eigenvalue weighted by Gasteiger charge is 2.51.